The molecule has 3 aromatic carbocycles. The van der Waals surface area contributed by atoms with Gasteiger partial charge in [-0.2, -0.15) is 0 Å². The fourth-order valence-corrected chi connectivity index (χ4v) is 4.23. The van der Waals surface area contributed by atoms with Crippen LogP contribution in [0.15, 0.2) is 66.7 Å². The third kappa shape index (κ3) is 3.42. The van der Waals surface area contributed by atoms with Gasteiger partial charge in [-0.15, -0.1) is 0 Å². The summed E-state index contributed by atoms with van der Waals surface area (Å²) < 4.78 is 25.5. The molecule has 0 aliphatic carbocycles. The maximum Gasteiger partial charge on any atom is 0.124 e. The molecule has 0 saturated carbocycles. The van der Waals surface area contributed by atoms with Crippen molar-refractivity contribution >= 4 is 10.9 Å². The molecule has 0 radical (unpaired) electrons. The molecular weight excluding hydrogens is 379 g/mol. The van der Waals surface area contributed by atoms with E-state index in [1.165, 1.54) is 11.6 Å². The van der Waals surface area contributed by atoms with Crippen LogP contribution in [-0.4, -0.2) is 18.6 Å². The van der Waals surface area contributed by atoms with Gasteiger partial charge in [0.15, 0.2) is 0 Å². The van der Waals surface area contributed by atoms with Crippen molar-refractivity contribution in [3.63, 3.8) is 0 Å². The molecule has 1 aliphatic rings. The average Bonchev–Trinajstić information content (AvgIpc) is 3.16. The molecule has 4 aromatic rings. The van der Waals surface area contributed by atoms with Crippen molar-refractivity contribution < 1.29 is 13.9 Å². The molecule has 1 atom stereocenters. The summed E-state index contributed by atoms with van der Waals surface area (Å²) in [5.74, 6) is 1.24. The van der Waals surface area contributed by atoms with Crippen LogP contribution in [-0.2, 0) is 13.0 Å². The van der Waals surface area contributed by atoms with Crippen molar-refractivity contribution in [2.45, 2.75) is 19.1 Å². The van der Waals surface area contributed by atoms with Crippen LogP contribution in [0.1, 0.15) is 28.4 Å². The number of H-pyrrole nitrogens is 1. The topological polar surface area (TPSA) is 46.3 Å². The van der Waals surface area contributed by atoms with Crippen molar-refractivity contribution in [1.29, 1.82) is 0 Å². The number of rotatable bonds is 5. The van der Waals surface area contributed by atoms with Gasteiger partial charge < -0.3 is 19.8 Å². The molecule has 0 fully saturated rings. The van der Waals surface area contributed by atoms with E-state index in [0.29, 0.717) is 12.4 Å². The molecule has 30 heavy (non-hydrogen) atoms. The second-order valence-corrected chi connectivity index (χ2v) is 7.52. The maximum atomic E-state index is 14.0. The molecule has 5 rings (SSSR count). The SMILES string of the molecule is COc1ccc(F)cc1C1NCCc2c1[nH]c1ccc(OCc3ccccc3)cc21. The Morgan fingerprint density at radius 2 is 1.90 bits per heavy atom. The number of hydrogen-bond donors (Lipinski definition) is 2. The molecule has 5 heteroatoms. The molecule has 0 saturated heterocycles. The van der Waals surface area contributed by atoms with Gasteiger partial charge in [0.05, 0.1) is 13.2 Å². The first-order chi connectivity index (χ1) is 14.7. The minimum absolute atomic E-state index is 0.152. The lowest BCUT2D eigenvalue weighted by Gasteiger charge is -2.26. The lowest BCUT2D eigenvalue weighted by atomic mass is 9.93. The van der Waals surface area contributed by atoms with Gasteiger partial charge in [0, 0.05) is 28.7 Å². The highest BCUT2D eigenvalue weighted by molar-refractivity contribution is 5.86. The zero-order valence-corrected chi connectivity index (χ0v) is 16.7. The quantitative estimate of drug-likeness (QED) is 0.487. The zero-order valence-electron chi connectivity index (χ0n) is 16.7. The highest BCUT2D eigenvalue weighted by Crippen LogP contribution is 2.38. The van der Waals surface area contributed by atoms with Gasteiger partial charge in [-0.3, -0.25) is 0 Å². The van der Waals surface area contributed by atoms with Crippen LogP contribution >= 0.6 is 0 Å². The average molecular weight is 402 g/mol. The van der Waals surface area contributed by atoms with Crippen molar-refractivity contribution in [1.82, 2.24) is 10.3 Å². The summed E-state index contributed by atoms with van der Waals surface area (Å²) in [7, 11) is 1.61. The highest BCUT2D eigenvalue weighted by atomic mass is 19.1. The molecule has 1 aromatic heterocycles. The number of halogens is 1. The van der Waals surface area contributed by atoms with Crippen LogP contribution in [0.5, 0.6) is 11.5 Å². The van der Waals surface area contributed by atoms with Crippen LogP contribution in [0.25, 0.3) is 10.9 Å². The molecule has 2 N–H and O–H groups in total. The Morgan fingerprint density at radius 3 is 2.73 bits per heavy atom. The molecule has 4 nitrogen and oxygen atoms in total. The van der Waals surface area contributed by atoms with E-state index in [0.717, 1.165) is 46.4 Å². The Morgan fingerprint density at radius 1 is 1.03 bits per heavy atom. The number of fused-ring (bicyclic) bond motifs is 3. The van der Waals surface area contributed by atoms with E-state index >= 15 is 0 Å². The van der Waals surface area contributed by atoms with Crippen molar-refractivity contribution in [2.75, 3.05) is 13.7 Å². The second kappa shape index (κ2) is 7.84. The smallest absolute Gasteiger partial charge is 0.124 e. The number of nitrogens with one attached hydrogen (secondary N) is 2. The van der Waals surface area contributed by atoms with Gasteiger partial charge >= 0.3 is 0 Å². The molecule has 0 spiro atoms. The van der Waals surface area contributed by atoms with E-state index in [2.05, 4.69) is 28.5 Å². The third-order valence-corrected chi connectivity index (χ3v) is 5.67. The molecule has 1 unspecified atom stereocenters. The van der Waals surface area contributed by atoms with Gasteiger partial charge in [-0.25, -0.2) is 4.39 Å². The van der Waals surface area contributed by atoms with Gasteiger partial charge in [0.25, 0.3) is 0 Å². The van der Waals surface area contributed by atoms with E-state index in [1.54, 1.807) is 19.2 Å². The van der Waals surface area contributed by atoms with Crippen LogP contribution in [0, 0.1) is 5.82 Å². The third-order valence-electron chi connectivity index (χ3n) is 5.67. The molecule has 0 amide bonds. The Bertz CT molecular complexity index is 1190. The molecule has 2 heterocycles. The molecule has 1 aliphatic heterocycles. The Labute approximate surface area is 174 Å². The largest absolute Gasteiger partial charge is 0.496 e. The van der Waals surface area contributed by atoms with Crippen LogP contribution in [0.3, 0.4) is 0 Å². The van der Waals surface area contributed by atoms with E-state index in [9.17, 15) is 4.39 Å². The lowest BCUT2D eigenvalue weighted by molar-refractivity contribution is 0.306. The van der Waals surface area contributed by atoms with Gasteiger partial charge in [-0.05, 0) is 53.9 Å². The summed E-state index contributed by atoms with van der Waals surface area (Å²) in [4.78, 5) is 3.54. The molecular formula is C25H23FN2O2. The second-order valence-electron chi connectivity index (χ2n) is 7.52. The van der Waals surface area contributed by atoms with Crippen molar-refractivity contribution in [2.24, 2.45) is 0 Å². The number of aromatic amines is 1. The van der Waals surface area contributed by atoms with E-state index in [-0.39, 0.29) is 11.9 Å². The fourth-order valence-electron chi connectivity index (χ4n) is 4.23. The Kier molecular flexibility index (Phi) is 4.89. The molecule has 152 valence electrons. The number of methoxy groups -OCH3 is 1. The lowest BCUT2D eigenvalue weighted by Crippen LogP contribution is -2.30. The first kappa shape index (κ1) is 18.7. The van der Waals surface area contributed by atoms with Gasteiger partial charge in [0.2, 0.25) is 0 Å². The predicted octanol–water partition coefficient (Wildman–Crippen LogP) is 5.13. The first-order valence-electron chi connectivity index (χ1n) is 10.1. The van der Waals surface area contributed by atoms with Gasteiger partial charge in [-0.1, -0.05) is 30.3 Å². The number of hydrogen-bond acceptors (Lipinski definition) is 3. The van der Waals surface area contributed by atoms with Crippen molar-refractivity contribution in [3.05, 3.63) is 94.9 Å². The highest BCUT2D eigenvalue weighted by Gasteiger charge is 2.28. The first-order valence-corrected chi connectivity index (χ1v) is 10.1. The van der Waals surface area contributed by atoms with E-state index < -0.39 is 0 Å². The summed E-state index contributed by atoms with van der Waals surface area (Å²) in [6.45, 7) is 1.34. The van der Waals surface area contributed by atoms with E-state index in [4.69, 9.17) is 9.47 Å². The fraction of sp³-hybridized carbons (Fsp3) is 0.200. The number of ether oxygens (including phenoxy) is 2. The predicted molar refractivity (Wildman–Crippen MR) is 116 cm³/mol. The van der Waals surface area contributed by atoms with Gasteiger partial charge in [0.1, 0.15) is 23.9 Å². The maximum absolute atomic E-state index is 14.0. The standard InChI is InChI=1S/C25H23FN2O2/c1-29-23-10-7-17(26)13-21(23)24-25-19(11-12-27-24)20-14-18(8-9-22(20)28-25)30-15-16-5-3-2-4-6-16/h2-10,13-14,24,27-28H,11-12,15H2,1H3. The number of aromatic nitrogens is 1. The van der Waals surface area contributed by atoms with Crippen LogP contribution in [0.4, 0.5) is 4.39 Å². The van der Waals surface area contributed by atoms with E-state index in [1.807, 2.05) is 30.3 Å². The summed E-state index contributed by atoms with van der Waals surface area (Å²) in [5, 5.41) is 4.66. The normalized spacial score (nSPS) is 15.7. The summed E-state index contributed by atoms with van der Waals surface area (Å²) in [6, 6.07) is 20.8. The summed E-state index contributed by atoms with van der Waals surface area (Å²) in [5.41, 5.74) is 5.28. The summed E-state index contributed by atoms with van der Waals surface area (Å²) >= 11 is 0. The Hall–Kier alpha value is -3.31. The zero-order chi connectivity index (χ0) is 20.5. The molecule has 0 bridgehead atoms. The minimum atomic E-state index is -0.271. The monoisotopic (exact) mass is 402 g/mol. The summed E-state index contributed by atoms with van der Waals surface area (Å²) in [6.07, 6.45) is 0.894. The number of benzene rings is 3. The van der Waals surface area contributed by atoms with Crippen LogP contribution in [0.2, 0.25) is 0 Å². The minimum Gasteiger partial charge on any atom is -0.496 e. The van der Waals surface area contributed by atoms with Crippen LogP contribution < -0.4 is 14.8 Å². The Balaban J connectivity index is 1.50. The van der Waals surface area contributed by atoms with Crippen molar-refractivity contribution in [3.8, 4) is 11.5 Å².